The van der Waals surface area contributed by atoms with Gasteiger partial charge in [0.15, 0.2) is 12.4 Å². The normalized spacial score (nSPS) is 10.5. The Morgan fingerprint density at radius 2 is 1.96 bits per heavy atom. The van der Waals surface area contributed by atoms with E-state index < -0.39 is 18.5 Å². The van der Waals surface area contributed by atoms with Gasteiger partial charge in [0, 0.05) is 11.8 Å². The number of ether oxygens (including phenoxy) is 1. The average Bonchev–Trinajstić information content (AvgIpc) is 3.04. The maximum absolute atomic E-state index is 12.4. The van der Waals surface area contributed by atoms with Crippen molar-refractivity contribution in [2.45, 2.75) is 6.92 Å². The molecular formula is C18H13Cl2N3O4. The third kappa shape index (κ3) is 4.45. The molecule has 0 radical (unpaired) electrons. The lowest BCUT2D eigenvalue weighted by Gasteiger charge is -2.07. The molecule has 2 heterocycles. The summed E-state index contributed by atoms with van der Waals surface area (Å²) in [6.45, 7) is 1.06. The first-order valence-electron chi connectivity index (χ1n) is 7.75. The minimum absolute atomic E-state index is 0.119. The zero-order chi connectivity index (χ0) is 19.4. The van der Waals surface area contributed by atoms with Gasteiger partial charge in [-0.25, -0.2) is 9.78 Å². The van der Waals surface area contributed by atoms with Crippen molar-refractivity contribution in [2.75, 3.05) is 11.9 Å². The van der Waals surface area contributed by atoms with Crippen LogP contribution in [0.25, 0.3) is 11.3 Å². The lowest BCUT2D eigenvalue weighted by Crippen LogP contribution is -2.22. The van der Waals surface area contributed by atoms with Gasteiger partial charge in [0.25, 0.3) is 5.91 Å². The van der Waals surface area contributed by atoms with Gasteiger partial charge in [-0.2, -0.15) is 0 Å². The van der Waals surface area contributed by atoms with Crippen molar-refractivity contribution in [3.8, 4) is 11.3 Å². The molecule has 2 aromatic heterocycles. The largest absolute Gasteiger partial charge is 0.452 e. The molecule has 0 saturated carbocycles. The summed E-state index contributed by atoms with van der Waals surface area (Å²) < 4.78 is 10.2. The van der Waals surface area contributed by atoms with Gasteiger partial charge in [-0.05, 0) is 13.0 Å². The number of esters is 1. The van der Waals surface area contributed by atoms with Crippen LogP contribution in [-0.2, 0) is 9.53 Å². The topological polar surface area (TPSA) is 94.3 Å². The predicted octanol–water partition coefficient (Wildman–Crippen LogP) is 4.15. The van der Waals surface area contributed by atoms with Gasteiger partial charge in [0.05, 0.1) is 10.0 Å². The van der Waals surface area contributed by atoms with Crippen molar-refractivity contribution < 1.29 is 18.8 Å². The number of aromatic nitrogens is 2. The fraction of sp³-hybridized carbons (Fsp3) is 0.111. The maximum Gasteiger partial charge on any atom is 0.344 e. The molecular weight excluding hydrogens is 393 g/mol. The molecule has 138 valence electrons. The first-order chi connectivity index (χ1) is 13.0. The van der Waals surface area contributed by atoms with Crippen molar-refractivity contribution >= 4 is 40.9 Å². The fourth-order valence-corrected chi connectivity index (χ4v) is 2.71. The number of carbonyl (C=O) groups is 2. The molecule has 1 amide bonds. The Labute approximate surface area is 164 Å². The second-order valence-electron chi connectivity index (χ2n) is 5.44. The van der Waals surface area contributed by atoms with Crippen molar-refractivity contribution in [3.63, 3.8) is 0 Å². The molecule has 0 fully saturated rings. The van der Waals surface area contributed by atoms with Crippen LogP contribution in [0, 0.1) is 6.92 Å². The highest BCUT2D eigenvalue weighted by Crippen LogP contribution is 2.26. The highest BCUT2D eigenvalue weighted by molar-refractivity contribution is 6.36. The number of nitrogens with zero attached hydrogens (tertiary/aromatic N) is 2. The van der Waals surface area contributed by atoms with Gasteiger partial charge >= 0.3 is 5.97 Å². The number of halogens is 2. The lowest BCUT2D eigenvalue weighted by atomic mass is 10.1. The van der Waals surface area contributed by atoms with E-state index in [9.17, 15) is 9.59 Å². The number of hydrogen-bond acceptors (Lipinski definition) is 6. The molecule has 0 spiro atoms. The monoisotopic (exact) mass is 405 g/mol. The zero-order valence-electron chi connectivity index (χ0n) is 14.0. The van der Waals surface area contributed by atoms with Crippen LogP contribution in [0.3, 0.4) is 0 Å². The number of amides is 1. The standard InChI is InChI=1S/C18H13Cl2N3O4/c1-10-15(16(23-27-10)11-5-3-2-4-6-11)18(25)26-9-14(24)22-17-13(20)7-12(19)8-21-17/h2-8H,9H2,1H3,(H,21,22,24). The van der Waals surface area contributed by atoms with Crippen LogP contribution in [0.15, 0.2) is 47.1 Å². The molecule has 7 nitrogen and oxygen atoms in total. The third-order valence-corrected chi connectivity index (χ3v) is 4.01. The van der Waals surface area contributed by atoms with Crippen LogP contribution < -0.4 is 5.32 Å². The lowest BCUT2D eigenvalue weighted by molar-refractivity contribution is -0.119. The second-order valence-corrected chi connectivity index (χ2v) is 6.28. The molecule has 0 bridgehead atoms. The van der Waals surface area contributed by atoms with E-state index in [1.54, 1.807) is 19.1 Å². The van der Waals surface area contributed by atoms with E-state index in [-0.39, 0.29) is 16.4 Å². The molecule has 1 aromatic carbocycles. The van der Waals surface area contributed by atoms with Crippen LogP contribution >= 0.6 is 23.2 Å². The smallest absolute Gasteiger partial charge is 0.344 e. The van der Waals surface area contributed by atoms with Gasteiger partial charge < -0.3 is 14.6 Å². The molecule has 0 saturated heterocycles. The van der Waals surface area contributed by atoms with Crippen LogP contribution in [0.2, 0.25) is 10.0 Å². The fourth-order valence-electron chi connectivity index (χ4n) is 2.28. The Morgan fingerprint density at radius 1 is 1.22 bits per heavy atom. The molecule has 0 unspecified atom stereocenters. The van der Waals surface area contributed by atoms with E-state index in [0.717, 1.165) is 0 Å². The number of nitrogens with one attached hydrogen (secondary N) is 1. The maximum atomic E-state index is 12.4. The van der Waals surface area contributed by atoms with Gasteiger partial charge in [0.1, 0.15) is 17.0 Å². The van der Waals surface area contributed by atoms with E-state index in [4.69, 9.17) is 32.5 Å². The van der Waals surface area contributed by atoms with Crippen LogP contribution in [-0.4, -0.2) is 28.6 Å². The summed E-state index contributed by atoms with van der Waals surface area (Å²) >= 11 is 11.7. The van der Waals surface area contributed by atoms with E-state index in [1.165, 1.54) is 12.3 Å². The zero-order valence-corrected chi connectivity index (χ0v) is 15.5. The Kier molecular flexibility index (Phi) is 5.73. The summed E-state index contributed by atoms with van der Waals surface area (Å²) in [5, 5.41) is 6.85. The average molecular weight is 406 g/mol. The van der Waals surface area contributed by atoms with E-state index in [1.807, 2.05) is 18.2 Å². The highest BCUT2D eigenvalue weighted by atomic mass is 35.5. The van der Waals surface area contributed by atoms with E-state index >= 15 is 0 Å². The van der Waals surface area contributed by atoms with Crippen molar-refractivity contribution in [1.82, 2.24) is 10.1 Å². The highest BCUT2D eigenvalue weighted by Gasteiger charge is 2.23. The number of pyridine rings is 1. The molecule has 9 heteroatoms. The van der Waals surface area contributed by atoms with Gasteiger partial charge in [-0.15, -0.1) is 0 Å². The molecule has 0 aliphatic carbocycles. The third-order valence-electron chi connectivity index (χ3n) is 3.51. The summed E-state index contributed by atoms with van der Waals surface area (Å²) in [5.41, 5.74) is 1.21. The molecule has 0 atom stereocenters. The molecule has 27 heavy (non-hydrogen) atoms. The van der Waals surface area contributed by atoms with Gasteiger partial charge in [0.2, 0.25) is 0 Å². The Bertz CT molecular complexity index is 990. The van der Waals surface area contributed by atoms with E-state index in [0.29, 0.717) is 22.0 Å². The SMILES string of the molecule is Cc1onc(-c2ccccc2)c1C(=O)OCC(=O)Nc1ncc(Cl)cc1Cl. The number of hydrogen-bond donors (Lipinski definition) is 1. The first-order valence-corrected chi connectivity index (χ1v) is 8.51. The summed E-state index contributed by atoms with van der Waals surface area (Å²) in [4.78, 5) is 28.3. The number of anilines is 1. The van der Waals surface area contributed by atoms with Gasteiger partial charge in [-0.1, -0.05) is 58.7 Å². The molecule has 1 N–H and O–H groups in total. The number of carbonyl (C=O) groups excluding carboxylic acids is 2. The van der Waals surface area contributed by atoms with E-state index in [2.05, 4.69) is 15.5 Å². The first kappa shape index (κ1) is 18.9. The van der Waals surface area contributed by atoms with Crippen LogP contribution in [0.1, 0.15) is 16.1 Å². The predicted molar refractivity (Wildman–Crippen MR) is 99.8 cm³/mol. The van der Waals surface area contributed by atoms with Crippen molar-refractivity contribution in [2.24, 2.45) is 0 Å². The van der Waals surface area contributed by atoms with Crippen LogP contribution in [0.5, 0.6) is 0 Å². The molecule has 3 aromatic rings. The number of aryl methyl sites for hydroxylation is 1. The summed E-state index contributed by atoms with van der Waals surface area (Å²) in [7, 11) is 0. The molecule has 3 rings (SSSR count). The minimum Gasteiger partial charge on any atom is -0.452 e. The number of benzene rings is 1. The quantitative estimate of drug-likeness (QED) is 0.640. The van der Waals surface area contributed by atoms with Crippen molar-refractivity contribution in [3.05, 3.63) is 64.0 Å². The molecule has 0 aliphatic rings. The Morgan fingerprint density at radius 3 is 2.67 bits per heavy atom. The summed E-state index contributed by atoms with van der Waals surface area (Å²) in [5.74, 6) is -0.914. The molecule has 0 aliphatic heterocycles. The van der Waals surface area contributed by atoms with Crippen LogP contribution in [0.4, 0.5) is 5.82 Å². The summed E-state index contributed by atoms with van der Waals surface area (Å²) in [6, 6.07) is 10.5. The number of rotatable bonds is 5. The Balaban J connectivity index is 1.68. The minimum atomic E-state index is -0.724. The second kappa shape index (κ2) is 8.20. The van der Waals surface area contributed by atoms with Gasteiger partial charge in [-0.3, -0.25) is 4.79 Å². The Hall–Kier alpha value is -2.90. The summed E-state index contributed by atoms with van der Waals surface area (Å²) in [6.07, 6.45) is 1.34. The van der Waals surface area contributed by atoms with Crippen molar-refractivity contribution in [1.29, 1.82) is 0 Å².